The molecule has 0 spiro atoms. The minimum atomic E-state index is 0.453. The summed E-state index contributed by atoms with van der Waals surface area (Å²) in [5.74, 6) is 0.981. The molecule has 2 rings (SSSR count). The second-order valence-corrected chi connectivity index (χ2v) is 4.96. The molecule has 1 aliphatic rings. The van der Waals surface area contributed by atoms with Gasteiger partial charge in [-0.15, -0.1) is 0 Å². The van der Waals surface area contributed by atoms with Crippen molar-refractivity contribution in [1.29, 1.82) is 0 Å². The zero-order chi connectivity index (χ0) is 12.3. The summed E-state index contributed by atoms with van der Waals surface area (Å²) in [6.07, 6.45) is 3.51. The van der Waals surface area contributed by atoms with E-state index in [1.54, 1.807) is 0 Å². The van der Waals surface area contributed by atoms with E-state index in [4.69, 9.17) is 21.1 Å². The lowest BCUT2D eigenvalue weighted by Crippen LogP contribution is -2.01. The Morgan fingerprint density at radius 1 is 1.47 bits per heavy atom. The van der Waals surface area contributed by atoms with Crippen molar-refractivity contribution in [2.75, 3.05) is 13.2 Å². The molecular weight excluding hydrogens is 236 g/mol. The van der Waals surface area contributed by atoms with Crippen molar-refractivity contribution in [1.82, 2.24) is 0 Å². The summed E-state index contributed by atoms with van der Waals surface area (Å²) in [6, 6.07) is 4.07. The highest BCUT2D eigenvalue weighted by atomic mass is 35.5. The Bertz CT molecular complexity index is 386. The second-order valence-electron chi connectivity index (χ2n) is 4.55. The third-order valence-electron chi connectivity index (χ3n) is 2.94. The van der Waals surface area contributed by atoms with Crippen LogP contribution in [0.1, 0.15) is 30.9 Å². The Labute approximate surface area is 108 Å². The quantitative estimate of drug-likeness (QED) is 0.721. The van der Waals surface area contributed by atoms with Gasteiger partial charge in [0, 0.05) is 5.02 Å². The van der Waals surface area contributed by atoms with E-state index >= 15 is 0 Å². The van der Waals surface area contributed by atoms with E-state index in [9.17, 15) is 0 Å². The van der Waals surface area contributed by atoms with E-state index in [-0.39, 0.29) is 0 Å². The molecule has 0 amide bonds. The Hall–Kier alpha value is -0.730. The van der Waals surface area contributed by atoms with Crippen LogP contribution in [0.15, 0.2) is 12.1 Å². The van der Waals surface area contributed by atoms with Gasteiger partial charge in [-0.1, -0.05) is 18.5 Å². The van der Waals surface area contributed by atoms with Crippen molar-refractivity contribution < 1.29 is 9.47 Å². The summed E-state index contributed by atoms with van der Waals surface area (Å²) < 4.78 is 11.0. The molecular formula is C14H19ClO2. The van der Waals surface area contributed by atoms with Crippen molar-refractivity contribution in [3.63, 3.8) is 0 Å². The third kappa shape index (κ3) is 3.62. The predicted molar refractivity (Wildman–Crippen MR) is 70.0 cm³/mol. The van der Waals surface area contributed by atoms with Gasteiger partial charge in [-0.25, -0.2) is 0 Å². The van der Waals surface area contributed by atoms with Crippen LogP contribution >= 0.6 is 11.6 Å². The third-order valence-corrected chi connectivity index (χ3v) is 3.35. The molecule has 1 aliphatic heterocycles. The maximum absolute atomic E-state index is 6.16. The second kappa shape index (κ2) is 5.74. The fourth-order valence-electron chi connectivity index (χ4n) is 1.79. The first-order chi connectivity index (χ1) is 8.20. The summed E-state index contributed by atoms with van der Waals surface area (Å²) in [5, 5.41) is 0.820. The van der Waals surface area contributed by atoms with Crippen molar-refractivity contribution >= 4 is 11.6 Å². The van der Waals surface area contributed by atoms with E-state index < -0.39 is 0 Å². The monoisotopic (exact) mass is 254 g/mol. The maximum Gasteiger partial charge on any atom is 0.122 e. The molecule has 1 saturated heterocycles. The summed E-state index contributed by atoms with van der Waals surface area (Å²) in [4.78, 5) is 0. The molecule has 0 saturated carbocycles. The highest BCUT2D eigenvalue weighted by Crippen LogP contribution is 2.29. The van der Waals surface area contributed by atoms with Gasteiger partial charge in [0.25, 0.3) is 0 Å². The van der Waals surface area contributed by atoms with Gasteiger partial charge in [0.15, 0.2) is 0 Å². The van der Waals surface area contributed by atoms with Gasteiger partial charge in [-0.3, -0.25) is 0 Å². The van der Waals surface area contributed by atoms with Crippen molar-refractivity contribution in [2.24, 2.45) is 0 Å². The highest BCUT2D eigenvalue weighted by Gasteiger charge is 2.22. The van der Waals surface area contributed by atoms with Crippen LogP contribution in [0.2, 0.25) is 5.02 Å². The Balaban J connectivity index is 2.10. The number of hydrogen-bond donors (Lipinski definition) is 0. The van der Waals surface area contributed by atoms with E-state index in [0.717, 1.165) is 48.8 Å². The number of rotatable bonds is 6. The zero-order valence-electron chi connectivity index (χ0n) is 10.5. The molecule has 1 heterocycles. The largest absolute Gasteiger partial charge is 0.493 e. The van der Waals surface area contributed by atoms with E-state index in [0.29, 0.717) is 6.10 Å². The number of aryl methyl sites for hydroxylation is 2. The van der Waals surface area contributed by atoms with Crippen LogP contribution in [-0.2, 0) is 11.2 Å². The molecule has 0 N–H and O–H groups in total. The molecule has 0 radical (unpaired) electrons. The molecule has 1 fully saturated rings. The van der Waals surface area contributed by atoms with Crippen LogP contribution < -0.4 is 4.74 Å². The van der Waals surface area contributed by atoms with Gasteiger partial charge in [0.2, 0.25) is 0 Å². The molecule has 3 heteroatoms. The van der Waals surface area contributed by atoms with Crippen LogP contribution in [0.5, 0.6) is 5.75 Å². The van der Waals surface area contributed by atoms with Crippen LogP contribution in [0.3, 0.4) is 0 Å². The first-order valence-electron chi connectivity index (χ1n) is 6.24. The molecule has 17 heavy (non-hydrogen) atoms. The lowest BCUT2D eigenvalue weighted by Gasteiger charge is -2.12. The molecule has 1 unspecified atom stereocenters. The normalized spacial score (nSPS) is 18.2. The van der Waals surface area contributed by atoms with Gasteiger partial charge in [0.1, 0.15) is 5.75 Å². The number of epoxide rings is 1. The van der Waals surface area contributed by atoms with E-state index in [2.05, 4.69) is 6.92 Å². The van der Waals surface area contributed by atoms with Crippen LogP contribution in [0.4, 0.5) is 0 Å². The van der Waals surface area contributed by atoms with Crippen LogP contribution in [0, 0.1) is 6.92 Å². The number of benzene rings is 1. The van der Waals surface area contributed by atoms with Crippen LogP contribution in [-0.4, -0.2) is 19.3 Å². The van der Waals surface area contributed by atoms with Crippen molar-refractivity contribution in [3.8, 4) is 5.75 Å². The first kappa shape index (κ1) is 12.7. The maximum atomic E-state index is 6.16. The van der Waals surface area contributed by atoms with Gasteiger partial charge < -0.3 is 9.47 Å². The molecule has 0 bridgehead atoms. The predicted octanol–water partition coefficient (Wildman–Crippen LogP) is 3.77. The molecule has 0 aromatic heterocycles. The Morgan fingerprint density at radius 3 is 2.88 bits per heavy atom. The SMILES string of the molecule is CCCOc1cc(C)c(Cl)cc1CCC1CO1. The molecule has 0 aliphatic carbocycles. The van der Waals surface area contributed by atoms with E-state index in [1.165, 1.54) is 5.56 Å². The Kier molecular flexibility index (Phi) is 4.30. The van der Waals surface area contributed by atoms with Crippen molar-refractivity contribution in [2.45, 2.75) is 39.2 Å². The number of halogens is 1. The fourth-order valence-corrected chi connectivity index (χ4v) is 1.98. The summed E-state index contributed by atoms with van der Waals surface area (Å²) >= 11 is 6.16. The molecule has 1 atom stereocenters. The van der Waals surface area contributed by atoms with Crippen molar-refractivity contribution in [3.05, 3.63) is 28.3 Å². The minimum absolute atomic E-state index is 0.453. The topological polar surface area (TPSA) is 21.8 Å². The average Bonchev–Trinajstić information content (AvgIpc) is 3.12. The van der Waals surface area contributed by atoms with Gasteiger partial charge in [0.05, 0.1) is 19.3 Å². The zero-order valence-corrected chi connectivity index (χ0v) is 11.2. The van der Waals surface area contributed by atoms with Gasteiger partial charge in [-0.05, 0) is 49.4 Å². The summed E-state index contributed by atoms with van der Waals surface area (Å²) in [6.45, 7) is 5.79. The standard InChI is InChI=1S/C14H19ClO2/c1-3-6-16-14-7-10(2)13(15)8-11(14)4-5-12-9-17-12/h7-8,12H,3-6,9H2,1-2H3. The molecule has 1 aromatic rings. The summed E-state index contributed by atoms with van der Waals surface area (Å²) in [5.41, 5.74) is 2.27. The minimum Gasteiger partial charge on any atom is -0.493 e. The molecule has 2 nitrogen and oxygen atoms in total. The van der Waals surface area contributed by atoms with Gasteiger partial charge >= 0.3 is 0 Å². The molecule has 1 aromatic carbocycles. The number of hydrogen-bond acceptors (Lipinski definition) is 2. The van der Waals surface area contributed by atoms with Gasteiger partial charge in [-0.2, -0.15) is 0 Å². The number of ether oxygens (including phenoxy) is 2. The summed E-state index contributed by atoms with van der Waals surface area (Å²) in [7, 11) is 0. The highest BCUT2D eigenvalue weighted by molar-refractivity contribution is 6.31. The van der Waals surface area contributed by atoms with E-state index in [1.807, 2.05) is 19.1 Å². The smallest absolute Gasteiger partial charge is 0.122 e. The average molecular weight is 255 g/mol. The fraction of sp³-hybridized carbons (Fsp3) is 0.571. The first-order valence-corrected chi connectivity index (χ1v) is 6.62. The Morgan fingerprint density at radius 2 is 2.24 bits per heavy atom. The lowest BCUT2D eigenvalue weighted by molar-refractivity contribution is 0.313. The lowest BCUT2D eigenvalue weighted by atomic mass is 10.1. The van der Waals surface area contributed by atoms with Crippen LogP contribution in [0.25, 0.3) is 0 Å². The molecule has 94 valence electrons.